The first-order valence-electron chi connectivity index (χ1n) is 10.0. The molecule has 0 aliphatic carbocycles. The van der Waals surface area contributed by atoms with Crippen LogP contribution < -0.4 is 0 Å². The molecular formula is C20H38O9Si2. The van der Waals surface area contributed by atoms with Crippen molar-refractivity contribution in [2.24, 2.45) is 0 Å². The van der Waals surface area contributed by atoms with Crippen LogP contribution in [0, 0.1) is 0 Å². The van der Waals surface area contributed by atoms with Crippen LogP contribution in [0.1, 0.15) is 26.7 Å². The summed E-state index contributed by atoms with van der Waals surface area (Å²) in [6.45, 7) is 9.00. The van der Waals surface area contributed by atoms with Gasteiger partial charge in [-0.15, -0.1) is 0 Å². The van der Waals surface area contributed by atoms with E-state index in [0.29, 0.717) is 18.9 Å². The van der Waals surface area contributed by atoms with Crippen LogP contribution in [0.15, 0.2) is 23.5 Å². The summed E-state index contributed by atoms with van der Waals surface area (Å²) in [5.74, 6) is -1.14. The molecular weight excluding hydrogens is 440 g/mol. The minimum Gasteiger partial charge on any atom is -0.496 e. The topological polar surface area (TPSA) is 98.8 Å². The zero-order chi connectivity index (χ0) is 24.2. The largest absolute Gasteiger partial charge is 0.496 e. The van der Waals surface area contributed by atoms with Gasteiger partial charge >= 0.3 is 20.5 Å². The van der Waals surface area contributed by atoms with Crippen LogP contribution in [-0.4, -0.2) is 84.4 Å². The highest BCUT2D eigenvalue weighted by molar-refractivity contribution is 6.65. The molecule has 31 heavy (non-hydrogen) atoms. The van der Waals surface area contributed by atoms with Crippen LogP contribution >= 0.6 is 0 Å². The van der Waals surface area contributed by atoms with Gasteiger partial charge < -0.3 is 32.5 Å². The number of rotatable bonds is 15. The van der Waals surface area contributed by atoms with Gasteiger partial charge in [0.1, 0.15) is 5.57 Å². The first-order valence-corrected chi connectivity index (χ1v) is 13.5. The van der Waals surface area contributed by atoms with E-state index in [1.807, 2.05) is 6.55 Å². The lowest BCUT2D eigenvalue weighted by molar-refractivity contribution is -0.156. The summed E-state index contributed by atoms with van der Waals surface area (Å²) in [6.07, 6.45) is 0.0743. The van der Waals surface area contributed by atoms with Gasteiger partial charge in [0.2, 0.25) is 0 Å². The van der Waals surface area contributed by atoms with Gasteiger partial charge in [-0.05, 0) is 32.4 Å². The Kier molecular flexibility index (Phi) is 13.1. The lowest BCUT2D eigenvalue weighted by Crippen LogP contribution is -2.43. The molecule has 0 aromatic carbocycles. The van der Waals surface area contributed by atoms with E-state index in [2.05, 4.69) is 6.58 Å². The Morgan fingerprint density at radius 2 is 1.61 bits per heavy atom. The smallest absolute Gasteiger partial charge is 0.342 e. The van der Waals surface area contributed by atoms with Crippen molar-refractivity contribution >= 4 is 30.7 Å². The Morgan fingerprint density at radius 3 is 2.00 bits per heavy atom. The number of carbonyl (C=O) groups excluding carboxylic acids is 2. The van der Waals surface area contributed by atoms with Crippen LogP contribution in [0.2, 0.25) is 12.6 Å². The molecule has 0 N–H and O–H groups in total. The summed E-state index contributed by atoms with van der Waals surface area (Å²) < 4.78 is 38.4. The van der Waals surface area contributed by atoms with Gasteiger partial charge in [0.15, 0.2) is 17.3 Å². The van der Waals surface area contributed by atoms with E-state index in [0.717, 1.165) is 0 Å². The molecule has 180 valence electrons. The Labute approximate surface area is 189 Å². The Bertz CT molecular complexity index is 641. The lowest BCUT2D eigenvalue weighted by atomic mass is 10.1. The summed E-state index contributed by atoms with van der Waals surface area (Å²) in [6, 6.07) is 0.651. The summed E-state index contributed by atoms with van der Waals surface area (Å²) >= 11 is 0. The van der Waals surface area contributed by atoms with E-state index in [1.165, 1.54) is 21.3 Å². The molecule has 0 saturated carbocycles. The zero-order valence-corrected chi connectivity index (χ0v) is 23.3. The maximum absolute atomic E-state index is 13.1. The van der Waals surface area contributed by atoms with Crippen molar-refractivity contribution in [1.82, 2.24) is 0 Å². The molecule has 1 unspecified atom stereocenters. The van der Waals surface area contributed by atoms with E-state index in [-0.39, 0.29) is 33.8 Å². The summed E-state index contributed by atoms with van der Waals surface area (Å²) in [7, 11) is 5.46. The van der Waals surface area contributed by atoms with Gasteiger partial charge in [-0.3, -0.25) is 0 Å². The molecule has 1 atom stereocenters. The number of hydrogen-bond acceptors (Lipinski definition) is 9. The molecule has 0 spiro atoms. The third-order valence-electron chi connectivity index (χ3n) is 5.04. The van der Waals surface area contributed by atoms with Crippen LogP contribution in [0.4, 0.5) is 0 Å². The quantitative estimate of drug-likeness (QED) is 0.0863. The number of ether oxygens (including phenoxy) is 5. The highest BCUT2D eigenvalue weighted by atomic mass is 28.4. The predicted octanol–water partition coefficient (Wildman–Crippen LogP) is 1.39. The predicted molar refractivity (Wildman–Crippen MR) is 122 cm³/mol. The number of hydrogen-bond donors (Lipinski definition) is 0. The summed E-state index contributed by atoms with van der Waals surface area (Å²) in [5, 5.41) is 0. The zero-order valence-electron chi connectivity index (χ0n) is 20.3. The molecule has 0 heterocycles. The van der Waals surface area contributed by atoms with Gasteiger partial charge in [0.25, 0.3) is 0 Å². The van der Waals surface area contributed by atoms with Crippen molar-refractivity contribution in [2.45, 2.75) is 50.8 Å². The monoisotopic (exact) mass is 478 g/mol. The van der Waals surface area contributed by atoms with E-state index in [9.17, 15) is 9.59 Å². The second-order valence-corrected chi connectivity index (χ2v) is 12.1. The molecule has 0 aromatic heterocycles. The summed E-state index contributed by atoms with van der Waals surface area (Å²) in [5.41, 5.74) is -1.09. The second-order valence-electron chi connectivity index (χ2n) is 7.16. The third kappa shape index (κ3) is 8.50. The maximum Gasteiger partial charge on any atom is 0.342 e. The van der Waals surface area contributed by atoms with E-state index < -0.39 is 32.0 Å². The standard InChI is InChI=1S/C20H38O9Si2/c1-10-15(29-18(21)14(2)3)17(23-4)16(20(30,24-5)25-6)19(22)28-12-11-13-31(9,26-7)27-8/h15H,2,10-13H2,1,3-9,30H3. The molecule has 0 amide bonds. The Hall–Kier alpha value is -1.51. The average molecular weight is 479 g/mol. The molecule has 0 aliphatic heterocycles. The van der Waals surface area contributed by atoms with Gasteiger partial charge in [-0.2, -0.15) is 0 Å². The van der Waals surface area contributed by atoms with Crippen molar-refractivity contribution in [3.63, 3.8) is 0 Å². The maximum atomic E-state index is 13.1. The normalized spacial score (nSPS) is 13.9. The Morgan fingerprint density at radius 1 is 1.06 bits per heavy atom. The summed E-state index contributed by atoms with van der Waals surface area (Å²) in [4.78, 5) is 25.2. The molecule has 0 radical (unpaired) electrons. The first kappa shape index (κ1) is 29.5. The number of esters is 2. The van der Waals surface area contributed by atoms with Crippen molar-refractivity contribution in [3.8, 4) is 0 Å². The molecule has 0 aliphatic rings. The fourth-order valence-electron chi connectivity index (χ4n) is 2.66. The first-order chi connectivity index (χ1) is 14.5. The number of methoxy groups -OCH3 is 3. The molecule has 9 nitrogen and oxygen atoms in total. The lowest BCUT2D eigenvalue weighted by Gasteiger charge is -2.32. The Balaban J connectivity index is 5.88. The van der Waals surface area contributed by atoms with Crippen molar-refractivity contribution < 1.29 is 42.1 Å². The van der Waals surface area contributed by atoms with Gasteiger partial charge in [-0.25, -0.2) is 9.59 Å². The van der Waals surface area contributed by atoms with Crippen molar-refractivity contribution in [2.75, 3.05) is 42.2 Å². The van der Waals surface area contributed by atoms with Crippen LogP contribution in [0.25, 0.3) is 0 Å². The van der Waals surface area contributed by atoms with Crippen LogP contribution in [0.3, 0.4) is 0 Å². The van der Waals surface area contributed by atoms with E-state index in [1.54, 1.807) is 28.1 Å². The highest BCUT2D eigenvalue weighted by Gasteiger charge is 2.41. The van der Waals surface area contributed by atoms with Gasteiger partial charge in [-0.1, -0.05) is 13.5 Å². The molecule has 0 bridgehead atoms. The number of carbonyl (C=O) groups is 2. The van der Waals surface area contributed by atoms with Gasteiger partial charge in [0.05, 0.1) is 24.0 Å². The SMILES string of the molecule is C=C(C)C(=O)OC(CC)C(OC)=C(C(=O)OCCC[Si](C)(OC)OC)C([SiH3])(OC)OC. The molecule has 11 heteroatoms. The molecule has 0 aromatic rings. The van der Waals surface area contributed by atoms with Crippen molar-refractivity contribution in [3.05, 3.63) is 23.5 Å². The average Bonchev–Trinajstić information content (AvgIpc) is 2.77. The van der Waals surface area contributed by atoms with E-state index in [4.69, 9.17) is 32.5 Å². The second kappa shape index (κ2) is 13.8. The van der Waals surface area contributed by atoms with Crippen LogP contribution in [0.5, 0.6) is 0 Å². The van der Waals surface area contributed by atoms with Crippen LogP contribution in [-0.2, 0) is 42.1 Å². The minimum atomic E-state index is -2.26. The minimum absolute atomic E-state index is 0.0338. The van der Waals surface area contributed by atoms with E-state index >= 15 is 0 Å². The highest BCUT2D eigenvalue weighted by Crippen LogP contribution is 2.28. The molecule has 0 saturated heterocycles. The fraction of sp³-hybridized carbons (Fsp3) is 0.700. The molecule has 0 fully saturated rings. The van der Waals surface area contributed by atoms with Crippen molar-refractivity contribution in [1.29, 1.82) is 0 Å². The third-order valence-corrected chi connectivity index (χ3v) is 9.34. The fourth-order valence-corrected chi connectivity index (χ4v) is 4.47. The molecule has 0 rings (SSSR count). The van der Waals surface area contributed by atoms with Gasteiger partial charge in [0, 0.05) is 34.0 Å².